The minimum absolute atomic E-state index is 0.247. The molecule has 2 rings (SSSR count). The van der Waals surface area contributed by atoms with Gasteiger partial charge in [-0.15, -0.1) is 11.8 Å². The van der Waals surface area contributed by atoms with Crippen LogP contribution >= 0.6 is 27.7 Å². The first-order valence-corrected chi connectivity index (χ1v) is 6.88. The molecule has 0 fully saturated rings. The van der Waals surface area contributed by atoms with Crippen LogP contribution in [-0.4, -0.2) is 18.1 Å². The van der Waals surface area contributed by atoms with Crippen LogP contribution in [0.5, 0.6) is 0 Å². The Labute approximate surface area is 117 Å². The molecule has 0 amide bonds. The molecular weight excluding hydrogens is 318 g/mol. The van der Waals surface area contributed by atoms with Gasteiger partial charge in [-0.2, -0.15) is 0 Å². The molecule has 0 atom stereocenters. The first kappa shape index (κ1) is 13.2. The van der Waals surface area contributed by atoms with Crippen molar-refractivity contribution >= 4 is 33.7 Å². The van der Waals surface area contributed by atoms with Crippen LogP contribution in [0.1, 0.15) is 16.1 Å². The normalized spacial score (nSPS) is 10.3. The van der Waals surface area contributed by atoms with E-state index < -0.39 is 5.97 Å². The van der Waals surface area contributed by atoms with Gasteiger partial charge >= 0.3 is 5.97 Å². The summed E-state index contributed by atoms with van der Waals surface area (Å²) >= 11 is 4.94. The maximum absolute atomic E-state index is 11.4. The molecule has 0 radical (unpaired) electrons. The highest BCUT2D eigenvalue weighted by molar-refractivity contribution is 9.10. The second-order valence-corrected chi connectivity index (χ2v) is 5.16. The lowest BCUT2D eigenvalue weighted by Crippen LogP contribution is -2.02. The van der Waals surface area contributed by atoms with E-state index >= 15 is 0 Å². The van der Waals surface area contributed by atoms with Crippen molar-refractivity contribution in [3.05, 3.63) is 46.5 Å². The van der Waals surface area contributed by atoms with Crippen LogP contribution in [0, 0.1) is 0 Å². The Balaban J connectivity index is 2.09. The van der Waals surface area contributed by atoms with Gasteiger partial charge in [0.2, 0.25) is 5.76 Å². The van der Waals surface area contributed by atoms with Crippen molar-refractivity contribution in [1.29, 1.82) is 0 Å². The molecule has 0 aliphatic rings. The number of pyridine rings is 1. The van der Waals surface area contributed by atoms with Gasteiger partial charge in [-0.1, -0.05) is 0 Å². The van der Waals surface area contributed by atoms with Gasteiger partial charge in [0.25, 0.3) is 0 Å². The summed E-state index contributed by atoms with van der Waals surface area (Å²) in [6.07, 6.45) is 3.21. The number of rotatable bonds is 4. The van der Waals surface area contributed by atoms with Crippen molar-refractivity contribution in [2.24, 2.45) is 0 Å². The summed E-state index contributed by atoms with van der Waals surface area (Å²) in [6.45, 7) is 0. The number of methoxy groups -OCH3 is 1. The number of hydrogen-bond acceptors (Lipinski definition) is 5. The highest BCUT2D eigenvalue weighted by Crippen LogP contribution is 2.29. The second-order valence-electron chi connectivity index (χ2n) is 3.35. The molecule has 0 saturated carbocycles. The number of carbonyl (C=O) groups is 1. The fourth-order valence-electron chi connectivity index (χ4n) is 1.34. The van der Waals surface area contributed by atoms with E-state index in [0.717, 1.165) is 15.1 Å². The number of esters is 1. The predicted molar refractivity (Wildman–Crippen MR) is 71.5 cm³/mol. The monoisotopic (exact) mass is 327 g/mol. The van der Waals surface area contributed by atoms with Gasteiger partial charge in [-0.05, 0) is 34.1 Å². The van der Waals surface area contributed by atoms with Crippen LogP contribution < -0.4 is 0 Å². The standard InChI is InChI=1S/C12H10BrNO3S/c1-16-12(15)10-8(4-6-17-10)7-18-11-9(13)3-2-5-14-11/h2-6H,7H2,1H3. The first-order chi connectivity index (χ1) is 8.72. The summed E-state index contributed by atoms with van der Waals surface area (Å²) in [7, 11) is 1.33. The average molecular weight is 328 g/mol. The Kier molecular flexibility index (Phi) is 4.43. The Bertz CT molecular complexity index is 556. The van der Waals surface area contributed by atoms with Gasteiger partial charge in [0.15, 0.2) is 0 Å². The molecule has 0 bridgehead atoms. The van der Waals surface area contributed by atoms with E-state index in [2.05, 4.69) is 25.7 Å². The predicted octanol–water partition coefficient (Wildman–Crippen LogP) is 3.52. The summed E-state index contributed by atoms with van der Waals surface area (Å²) in [5.74, 6) is 0.379. The first-order valence-electron chi connectivity index (χ1n) is 5.10. The van der Waals surface area contributed by atoms with Gasteiger partial charge in [0, 0.05) is 22.0 Å². The van der Waals surface area contributed by atoms with Crippen molar-refractivity contribution in [3.63, 3.8) is 0 Å². The van der Waals surface area contributed by atoms with Crippen molar-refractivity contribution < 1.29 is 13.9 Å². The lowest BCUT2D eigenvalue weighted by Gasteiger charge is -2.02. The number of hydrogen-bond donors (Lipinski definition) is 0. The van der Waals surface area contributed by atoms with E-state index in [9.17, 15) is 4.79 Å². The van der Waals surface area contributed by atoms with Crippen molar-refractivity contribution in [3.8, 4) is 0 Å². The van der Waals surface area contributed by atoms with Crippen molar-refractivity contribution in [2.45, 2.75) is 10.8 Å². The number of thioether (sulfide) groups is 1. The third-order valence-electron chi connectivity index (χ3n) is 2.21. The van der Waals surface area contributed by atoms with Gasteiger partial charge in [-0.3, -0.25) is 0 Å². The Morgan fingerprint density at radius 1 is 1.56 bits per heavy atom. The smallest absolute Gasteiger partial charge is 0.374 e. The highest BCUT2D eigenvalue weighted by Gasteiger charge is 2.16. The topological polar surface area (TPSA) is 52.3 Å². The summed E-state index contributed by atoms with van der Waals surface area (Å²) in [5.41, 5.74) is 0.796. The number of ether oxygens (including phenoxy) is 1. The number of aromatic nitrogens is 1. The summed E-state index contributed by atoms with van der Waals surface area (Å²) < 4.78 is 10.7. The van der Waals surface area contributed by atoms with E-state index in [4.69, 9.17) is 4.42 Å². The third-order valence-corrected chi connectivity index (χ3v) is 4.16. The van der Waals surface area contributed by atoms with Crippen LogP contribution in [0.4, 0.5) is 0 Å². The lowest BCUT2D eigenvalue weighted by molar-refractivity contribution is 0.0564. The SMILES string of the molecule is COC(=O)c1occc1CSc1ncccc1Br. The quantitative estimate of drug-likeness (QED) is 0.635. The fraction of sp³-hybridized carbons (Fsp3) is 0.167. The van der Waals surface area contributed by atoms with E-state index in [1.54, 1.807) is 12.3 Å². The molecule has 94 valence electrons. The molecule has 2 heterocycles. The van der Waals surface area contributed by atoms with E-state index in [1.807, 2.05) is 12.1 Å². The zero-order valence-electron chi connectivity index (χ0n) is 9.55. The number of nitrogens with zero attached hydrogens (tertiary/aromatic N) is 1. The minimum atomic E-state index is -0.462. The molecular formula is C12H10BrNO3S. The van der Waals surface area contributed by atoms with E-state index in [-0.39, 0.29) is 5.76 Å². The molecule has 2 aromatic rings. The third kappa shape index (κ3) is 2.94. The Hall–Kier alpha value is -1.27. The molecule has 0 N–H and O–H groups in total. The van der Waals surface area contributed by atoms with Crippen molar-refractivity contribution in [2.75, 3.05) is 7.11 Å². The van der Waals surface area contributed by atoms with Gasteiger partial charge in [0.05, 0.1) is 13.4 Å². The number of furan rings is 1. The highest BCUT2D eigenvalue weighted by atomic mass is 79.9. The maximum atomic E-state index is 11.4. The molecule has 6 heteroatoms. The zero-order valence-corrected chi connectivity index (χ0v) is 12.0. The molecule has 0 aliphatic heterocycles. The Morgan fingerprint density at radius 3 is 3.11 bits per heavy atom. The van der Waals surface area contributed by atoms with Gasteiger partial charge < -0.3 is 9.15 Å². The molecule has 0 aliphatic carbocycles. The van der Waals surface area contributed by atoms with Crippen LogP contribution in [0.3, 0.4) is 0 Å². The van der Waals surface area contributed by atoms with Crippen molar-refractivity contribution in [1.82, 2.24) is 4.98 Å². The average Bonchev–Trinajstić information content (AvgIpc) is 2.85. The molecule has 0 saturated heterocycles. The maximum Gasteiger partial charge on any atom is 0.374 e. The number of halogens is 1. The second kappa shape index (κ2) is 6.06. The molecule has 0 unspecified atom stereocenters. The van der Waals surface area contributed by atoms with Crippen LogP contribution in [0.2, 0.25) is 0 Å². The van der Waals surface area contributed by atoms with Crippen LogP contribution in [0.25, 0.3) is 0 Å². The zero-order chi connectivity index (χ0) is 13.0. The molecule has 18 heavy (non-hydrogen) atoms. The Morgan fingerprint density at radius 2 is 2.39 bits per heavy atom. The minimum Gasteiger partial charge on any atom is -0.463 e. The van der Waals surface area contributed by atoms with E-state index in [0.29, 0.717) is 5.75 Å². The van der Waals surface area contributed by atoms with E-state index in [1.165, 1.54) is 25.1 Å². The van der Waals surface area contributed by atoms with Gasteiger partial charge in [-0.25, -0.2) is 9.78 Å². The largest absolute Gasteiger partial charge is 0.463 e. The van der Waals surface area contributed by atoms with Gasteiger partial charge in [0.1, 0.15) is 5.03 Å². The molecule has 0 aromatic carbocycles. The summed E-state index contributed by atoms with van der Waals surface area (Å²) in [4.78, 5) is 15.7. The molecule has 4 nitrogen and oxygen atoms in total. The van der Waals surface area contributed by atoms with Crippen LogP contribution in [-0.2, 0) is 10.5 Å². The summed E-state index contributed by atoms with van der Waals surface area (Å²) in [6, 6.07) is 5.54. The summed E-state index contributed by atoms with van der Waals surface area (Å²) in [5, 5.41) is 0.870. The lowest BCUT2D eigenvalue weighted by atomic mass is 10.3. The number of carbonyl (C=O) groups excluding carboxylic acids is 1. The fourth-order valence-corrected chi connectivity index (χ4v) is 2.80. The van der Waals surface area contributed by atoms with Crippen LogP contribution in [0.15, 0.2) is 44.6 Å². The molecule has 2 aromatic heterocycles. The molecule has 0 spiro atoms.